The Morgan fingerprint density at radius 3 is 3.00 bits per heavy atom. The summed E-state index contributed by atoms with van der Waals surface area (Å²) in [4.78, 5) is 7.98. The van der Waals surface area contributed by atoms with E-state index in [0.717, 1.165) is 0 Å². The fourth-order valence-electron chi connectivity index (χ4n) is 1.08. The summed E-state index contributed by atoms with van der Waals surface area (Å²) < 4.78 is 10.3. The minimum atomic E-state index is 0.0436. The standard InChI is InChI=1S/C10H17N3O3/c1-2-16-10-7-9(12-8-13-10)11-3-5-15-6-4-14/h7-8,14H,2-6H2,1H3,(H,11,12,13). The Bertz CT molecular complexity index is 296. The third kappa shape index (κ3) is 4.90. The highest BCUT2D eigenvalue weighted by Gasteiger charge is 1.98. The third-order valence-electron chi connectivity index (χ3n) is 1.72. The van der Waals surface area contributed by atoms with Gasteiger partial charge in [-0.2, -0.15) is 0 Å². The van der Waals surface area contributed by atoms with Gasteiger partial charge >= 0.3 is 0 Å². The molecular formula is C10H17N3O3. The molecule has 0 saturated heterocycles. The molecule has 0 atom stereocenters. The molecule has 0 amide bonds. The van der Waals surface area contributed by atoms with Gasteiger partial charge in [-0.15, -0.1) is 0 Å². The normalized spacial score (nSPS) is 10.1. The first-order valence-corrected chi connectivity index (χ1v) is 5.24. The minimum Gasteiger partial charge on any atom is -0.478 e. The first-order chi connectivity index (χ1) is 7.86. The van der Waals surface area contributed by atoms with Gasteiger partial charge in [0.25, 0.3) is 0 Å². The Kier molecular flexibility index (Phi) is 6.20. The topological polar surface area (TPSA) is 76.5 Å². The summed E-state index contributed by atoms with van der Waals surface area (Å²) >= 11 is 0. The maximum Gasteiger partial charge on any atom is 0.218 e. The zero-order chi connectivity index (χ0) is 11.6. The summed E-state index contributed by atoms with van der Waals surface area (Å²) in [5.74, 6) is 1.25. The smallest absolute Gasteiger partial charge is 0.218 e. The molecule has 2 N–H and O–H groups in total. The van der Waals surface area contributed by atoms with Crippen LogP contribution in [-0.4, -0.2) is 48.0 Å². The second kappa shape index (κ2) is 7.84. The molecule has 0 unspecified atom stereocenters. The van der Waals surface area contributed by atoms with Crippen LogP contribution >= 0.6 is 0 Å². The van der Waals surface area contributed by atoms with E-state index in [-0.39, 0.29) is 6.61 Å². The maximum atomic E-state index is 8.50. The van der Waals surface area contributed by atoms with E-state index >= 15 is 0 Å². The molecule has 1 rings (SSSR count). The zero-order valence-corrected chi connectivity index (χ0v) is 9.35. The number of ether oxygens (including phenoxy) is 2. The summed E-state index contributed by atoms with van der Waals surface area (Å²) in [5, 5.41) is 11.6. The van der Waals surface area contributed by atoms with Gasteiger partial charge in [-0.3, -0.25) is 0 Å². The van der Waals surface area contributed by atoms with Crippen molar-refractivity contribution >= 4 is 5.82 Å². The van der Waals surface area contributed by atoms with Gasteiger partial charge in [0.05, 0.1) is 26.4 Å². The quantitative estimate of drug-likeness (QED) is 0.622. The van der Waals surface area contributed by atoms with Gasteiger partial charge in [-0.25, -0.2) is 9.97 Å². The van der Waals surface area contributed by atoms with Crippen LogP contribution in [0.1, 0.15) is 6.92 Å². The molecule has 6 nitrogen and oxygen atoms in total. The van der Waals surface area contributed by atoms with Crippen LogP contribution in [0.4, 0.5) is 5.82 Å². The number of nitrogens with one attached hydrogen (secondary N) is 1. The largest absolute Gasteiger partial charge is 0.478 e. The van der Waals surface area contributed by atoms with Crippen molar-refractivity contribution in [2.75, 3.05) is 38.3 Å². The fourth-order valence-corrected chi connectivity index (χ4v) is 1.08. The van der Waals surface area contributed by atoms with E-state index in [1.54, 1.807) is 6.07 Å². The lowest BCUT2D eigenvalue weighted by molar-refractivity contribution is 0.0992. The highest BCUT2D eigenvalue weighted by Crippen LogP contribution is 2.10. The van der Waals surface area contributed by atoms with E-state index < -0.39 is 0 Å². The second-order valence-corrected chi connectivity index (χ2v) is 2.94. The fraction of sp³-hybridized carbons (Fsp3) is 0.600. The summed E-state index contributed by atoms with van der Waals surface area (Å²) in [6.07, 6.45) is 1.45. The molecule has 90 valence electrons. The van der Waals surface area contributed by atoms with Crippen molar-refractivity contribution in [3.63, 3.8) is 0 Å². The first kappa shape index (κ1) is 12.7. The highest BCUT2D eigenvalue weighted by atomic mass is 16.5. The lowest BCUT2D eigenvalue weighted by atomic mass is 10.5. The van der Waals surface area contributed by atoms with E-state index in [0.29, 0.717) is 38.1 Å². The number of rotatable bonds is 8. The van der Waals surface area contributed by atoms with Crippen molar-refractivity contribution < 1.29 is 14.6 Å². The molecule has 0 aliphatic rings. The van der Waals surface area contributed by atoms with Crippen LogP contribution in [0.3, 0.4) is 0 Å². The van der Waals surface area contributed by atoms with Crippen LogP contribution in [-0.2, 0) is 4.74 Å². The lowest BCUT2D eigenvalue weighted by Gasteiger charge is -2.07. The van der Waals surface area contributed by atoms with Crippen LogP contribution in [0.2, 0.25) is 0 Å². The number of aromatic nitrogens is 2. The summed E-state index contributed by atoms with van der Waals surface area (Å²) in [6, 6.07) is 1.73. The first-order valence-electron chi connectivity index (χ1n) is 5.24. The number of nitrogens with zero attached hydrogens (tertiary/aromatic N) is 2. The van der Waals surface area contributed by atoms with E-state index in [1.807, 2.05) is 6.92 Å². The van der Waals surface area contributed by atoms with Crippen LogP contribution in [0, 0.1) is 0 Å². The van der Waals surface area contributed by atoms with Crippen molar-refractivity contribution in [3.8, 4) is 5.88 Å². The minimum absolute atomic E-state index is 0.0436. The average molecular weight is 227 g/mol. The highest BCUT2D eigenvalue weighted by molar-refractivity contribution is 5.36. The average Bonchev–Trinajstić information content (AvgIpc) is 2.30. The molecule has 1 aromatic rings. The van der Waals surface area contributed by atoms with Crippen LogP contribution in [0.25, 0.3) is 0 Å². The number of aliphatic hydroxyl groups is 1. The molecule has 0 aliphatic heterocycles. The summed E-state index contributed by atoms with van der Waals surface area (Å²) in [6.45, 7) is 4.03. The Morgan fingerprint density at radius 1 is 1.38 bits per heavy atom. The van der Waals surface area contributed by atoms with Crippen molar-refractivity contribution in [1.82, 2.24) is 9.97 Å². The zero-order valence-electron chi connectivity index (χ0n) is 9.35. The number of hydrogen-bond acceptors (Lipinski definition) is 6. The van der Waals surface area contributed by atoms with Gasteiger partial charge in [-0.05, 0) is 6.92 Å². The summed E-state index contributed by atoms with van der Waals surface area (Å²) in [7, 11) is 0. The predicted octanol–water partition coefficient (Wildman–Crippen LogP) is 0.296. The molecule has 0 fully saturated rings. The molecule has 0 radical (unpaired) electrons. The maximum absolute atomic E-state index is 8.50. The molecule has 16 heavy (non-hydrogen) atoms. The molecule has 6 heteroatoms. The van der Waals surface area contributed by atoms with Crippen molar-refractivity contribution in [1.29, 1.82) is 0 Å². The van der Waals surface area contributed by atoms with Gasteiger partial charge in [0.1, 0.15) is 12.1 Å². The molecule has 0 aliphatic carbocycles. The van der Waals surface area contributed by atoms with Gasteiger partial charge in [0.15, 0.2) is 0 Å². The predicted molar refractivity (Wildman–Crippen MR) is 59.6 cm³/mol. The van der Waals surface area contributed by atoms with Crippen molar-refractivity contribution in [2.24, 2.45) is 0 Å². The molecular weight excluding hydrogens is 210 g/mol. The third-order valence-corrected chi connectivity index (χ3v) is 1.72. The lowest BCUT2D eigenvalue weighted by Crippen LogP contribution is -2.12. The van der Waals surface area contributed by atoms with Gasteiger partial charge in [0.2, 0.25) is 5.88 Å². The SMILES string of the molecule is CCOc1cc(NCCOCCO)ncn1. The summed E-state index contributed by atoms with van der Waals surface area (Å²) in [5.41, 5.74) is 0. The Balaban J connectivity index is 2.27. The van der Waals surface area contributed by atoms with Crippen LogP contribution in [0.15, 0.2) is 12.4 Å². The molecule has 0 aromatic carbocycles. The van der Waals surface area contributed by atoms with Crippen LogP contribution < -0.4 is 10.1 Å². The number of aliphatic hydroxyl groups excluding tert-OH is 1. The van der Waals surface area contributed by atoms with Crippen LogP contribution in [0.5, 0.6) is 5.88 Å². The number of anilines is 1. The van der Waals surface area contributed by atoms with Gasteiger partial charge in [-0.1, -0.05) is 0 Å². The monoisotopic (exact) mass is 227 g/mol. The molecule has 1 aromatic heterocycles. The van der Waals surface area contributed by atoms with Gasteiger partial charge < -0.3 is 19.9 Å². The molecule has 1 heterocycles. The van der Waals surface area contributed by atoms with Crippen molar-refractivity contribution in [2.45, 2.75) is 6.92 Å². The Labute approximate surface area is 94.6 Å². The van der Waals surface area contributed by atoms with E-state index in [2.05, 4.69) is 15.3 Å². The number of hydrogen-bond donors (Lipinski definition) is 2. The van der Waals surface area contributed by atoms with E-state index in [9.17, 15) is 0 Å². The second-order valence-electron chi connectivity index (χ2n) is 2.94. The Hall–Kier alpha value is -1.40. The van der Waals surface area contributed by atoms with E-state index in [4.69, 9.17) is 14.6 Å². The van der Waals surface area contributed by atoms with Gasteiger partial charge in [0, 0.05) is 12.6 Å². The molecule has 0 spiro atoms. The molecule has 0 saturated carbocycles. The Morgan fingerprint density at radius 2 is 2.25 bits per heavy atom. The van der Waals surface area contributed by atoms with Crippen molar-refractivity contribution in [3.05, 3.63) is 12.4 Å². The molecule has 0 bridgehead atoms. The van der Waals surface area contributed by atoms with E-state index in [1.165, 1.54) is 6.33 Å².